The molecule has 1 heteroatoms. The number of fused-ring (bicyclic) bond motifs is 1. The van der Waals surface area contributed by atoms with Gasteiger partial charge >= 0.3 is 0 Å². The van der Waals surface area contributed by atoms with Crippen molar-refractivity contribution in [2.75, 3.05) is 0 Å². The van der Waals surface area contributed by atoms with E-state index in [-0.39, 0.29) is 0 Å². The van der Waals surface area contributed by atoms with E-state index in [1.807, 2.05) is 0 Å². The van der Waals surface area contributed by atoms with Gasteiger partial charge < -0.3 is 0 Å². The Kier molecular flexibility index (Phi) is 3.50. The molecule has 3 rings (SSSR count). The van der Waals surface area contributed by atoms with E-state index in [0.29, 0.717) is 0 Å². The molecule has 0 fully saturated rings. The highest BCUT2D eigenvalue weighted by molar-refractivity contribution is 5.78. The molecule has 0 saturated carbocycles. The van der Waals surface area contributed by atoms with Gasteiger partial charge in [-0.25, -0.2) is 0 Å². The average molecular weight is 276 g/mol. The van der Waals surface area contributed by atoms with Crippen LogP contribution >= 0.6 is 0 Å². The summed E-state index contributed by atoms with van der Waals surface area (Å²) in [6.07, 6.45) is 1.07. The van der Waals surface area contributed by atoms with Crippen LogP contribution < -0.4 is 4.57 Å². The van der Waals surface area contributed by atoms with E-state index < -0.39 is 0 Å². The first-order valence-electron chi connectivity index (χ1n) is 7.59. The van der Waals surface area contributed by atoms with Crippen LogP contribution in [0.25, 0.3) is 22.2 Å². The Morgan fingerprint density at radius 3 is 2.38 bits per heavy atom. The zero-order valence-electron chi connectivity index (χ0n) is 13.3. The number of aryl methyl sites for hydroxylation is 4. The molecule has 0 unspecified atom stereocenters. The van der Waals surface area contributed by atoms with Gasteiger partial charge in [-0.2, -0.15) is 4.57 Å². The van der Waals surface area contributed by atoms with Crippen molar-refractivity contribution < 1.29 is 4.57 Å². The summed E-state index contributed by atoms with van der Waals surface area (Å²) in [5.74, 6) is 0. The fourth-order valence-corrected chi connectivity index (χ4v) is 3.02. The van der Waals surface area contributed by atoms with Crippen molar-refractivity contribution in [2.24, 2.45) is 7.05 Å². The summed E-state index contributed by atoms with van der Waals surface area (Å²) < 4.78 is 2.31. The molecule has 3 aromatic rings. The lowest BCUT2D eigenvalue weighted by Gasteiger charge is -2.08. The number of hydrogen-bond donors (Lipinski definition) is 0. The van der Waals surface area contributed by atoms with Crippen molar-refractivity contribution >= 4 is 10.9 Å². The molecule has 106 valence electrons. The van der Waals surface area contributed by atoms with Crippen molar-refractivity contribution in [1.82, 2.24) is 0 Å². The lowest BCUT2D eigenvalue weighted by molar-refractivity contribution is -0.633. The number of pyridine rings is 1. The van der Waals surface area contributed by atoms with E-state index >= 15 is 0 Å². The minimum Gasteiger partial charge on any atom is -0.194 e. The van der Waals surface area contributed by atoms with E-state index in [1.165, 1.54) is 38.9 Å². The van der Waals surface area contributed by atoms with Crippen LogP contribution in [0.2, 0.25) is 0 Å². The smallest absolute Gasteiger partial charge is 0.194 e. The minimum absolute atomic E-state index is 1.07. The summed E-state index contributed by atoms with van der Waals surface area (Å²) in [6.45, 7) is 6.54. The minimum atomic E-state index is 1.07. The van der Waals surface area contributed by atoms with Crippen LogP contribution in [0.3, 0.4) is 0 Å². The second-order valence-electron chi connectivity index (χ2n) is 5.84. The van der Waals surface area contributed by atoms with Gasteiger partial charge in [0.25, 0.3) is 0 Å². The molecule has 1 heterocycles. The van der Waals surface area contributed by atoms with Gasteiger partial charge in [-0.1, -0.05) is 30.7 Å². The number of nitrogens with zero attached hydrogens (tertiary/aromatic N) is 1. The highest BCUT2D eigenvalue weighted by Gasteiger charge is 2.15. The molecule has 0 aliphatic carbocycles. The zero-order chi connectivity index (χ0) is 15.0. The Labute approximate surface area is 126 Å². The van der Waals surface area contributed by atoms with E-state index in [2.05, 4.69) is 80.9 Å². The monoisotopic (exact) mass is 276 g/mol. The van der Waals surface area contributed by atoms with Crippen molar-refractivity contribution in [1.29, 1.82) is 0 Å². The van der Waals surface area contributed by atoms with Gasteiger partial charge in [0.2, 0.25) is 11.2 Å². The topological polar surface area (TPSA) is 3.88 Å². The molecule has 0 saturated heterocycles. The fourth-order valence-electron chi connectivity index (χ4n) is 3.02. The van der Waals surface area contributed by atoms with Crippen LogP contribution in [0.15, 0.2) is 48.5 Å². The molecule has 0 bridgehead atoms. The maximum Gasteiger partial charge on any atom is 0.213 e. The second-order valence-corrected chi connectivity index (χ2v) is 5.84. The molecule has 0 spiro atoms. The lowest BCUT2D eigenvalue weighted by Crippen LogP contribution is -2.32. The van der Waals surface area contributed by atoms with Crippen molar-refractivity contribution in [3.63, 3.8) is 0 Å². The first kappa shape index (κ1) is 13.8. The predicted molar refractivity (Wildman–Crippen MR) is 89.4 cm³/mol. The van der Waals surface area contributed by atoms with Gasteiger partial charge in [-0.3, -0.25) is 0 Å². The number of aromatic nitrogens is 1. The average Bonchev–Trinajstić information content (AvgIpc) is 2.48. The number of benzene rings is 2. The number of rotatable bonds is 2. The molecule has 1 aromatic heterocycles. The largest absolute Gasteiger partial charge is 0.213 e. The van der Waals surface area contributed by atoms with Gasteiger partial charge in [0, 0.05) is 23.1 Å². The Morgan fingerprint density at radius 2 is 1.67 bits per heavy atom. The Morgan fingerprint density at radius 1 is 0.905 bits per heavy atom. The van der Waals surface area contributed by atoms with Crippen molar-refractivity contribution in [3.8, 4) is 11.3 Å². The third-order valence-electron chi connectivity index (χ3n) is 4.30. The van der Waals surface area contributed by atoms with Crippen LogP contribution in [-0.4, -0.2) is 0 Å². The van der Waals surface area contributed by atoms with Gasteiger partial charge in [0.1, 0.15) is 7.05 Å². The van der Waals surface area contributed by atoms with E-state index in [9.17, 15) is 0 Å². The first-order chi connectivity index (χ1) is 10.1. The zero-order valence-corrected chi connectivity index (χ0v) is 13.3. The maximum absolute atomic E-state index is 2.31. The molecule has 21 heavy (non-hydrogen) atoms. The number of hydrogen-bond acceptors (Lipinski definition) is 0. The van der Waals surface area contributed by atoms with E-state index in [0.717, 1.165) is 6.42 Å². The Bertz CT molecular complexity index is 815. The summed E-state index contributed by atoms with van der Waals surface area (Å²) in [5, 5.41) is 1.29. The molecule has 0 atom stereocenters. The molecule has 0 radical (unpaired) electrons. The molecular weight excluding hydrogens is 254 g/mol. The van der Waals surface area contributed by atoms with Crippen LogP contribution in [0.1, 0.15) is 23.6 Å². The van der Waals surface area contributed by atoms with Crippen LogP contribution in [-0.2, 0) is 13.5 Å². The molecule has 0 N–H and O–H groups in total. The van der Waals surface area contributed by atoms with Gasteiger partial charge in [0.15, 0.2) is 0 Å². The SMILES string of the molecule is CCc1ccc2ccc(-c3ccc(C)cc3C)[n+](C)c2c1. The molecular formula is C20H22N+. The quantitative estimate of drug-likeness (QED) is 0.606. The predicted octanol–water partition coefficient (Wildman–Crippen LogP) is 4.51. The summed E-state index contributed by atoms with van der Waals surface area (Å²) in [7, 11) is 2.16. The van der Waals surface area contributed by atoms with Gasteiger partial charge in [0.05, 0.1) is 0 Å². The van der Waals surface area contributed by atoms with Crippen LogP contribution in [0.4, 0.5) is 0 Å². The van der Waals surface area contributed by atoms with E-state index in [1.54, 1.807) is 0 Å². The third-order valence-corrected chi connectivity index (χ3v) is 4.30. The molecule has 0 aliphatic rings. The highest BCUT2D eigenvalue weighted by atomic mass is 14.9. The summed E-state index contributed by atoms with van der Waals surface area (Å²) in [5.41, 5.74) is 7.91. The normalized spacial score (nSPS) is 11.0. The maximum atomic E-state index is 2.31. The molecule has 0 amide bonds. The highest BCUT2D eigenvalue weighted by Crippen LogP contribution is 2.24. The lowest BCUT2D eigenvalue weighted by atomic mass is 10.0. The van der Waals surface area contributed by atoms with Crippen molar-refractivity contribution in [2.45, 2.75) is 27.2 Å². The third kappa shape index (κ3) is 2.44. The Hall–Kier alpha value is -2.15. The summed E-state index contributed by atoms with van der Waals surface area (Å²) in [4.78, 5) is 0. The van der Waals surface area contributed by atoms with Gasteiger partial charge in [-0.05, 0) is 49.6 Å². The standard InChI is InChI=1S/C20H22N/c1-5-16-7-8-17-9-11-19(21(4)20(17)13-16)18-10-6-14(2)12-15(18)3/h6-13H,5H2,1-4H3/q+1. The summed E-state index contributed by atoms with van der Waals surface area (Å²) >= 11 is 0. The van der Waals surface area contributed by atoms with Gasteiger partial charge in [-0.15, -0.1) is 0 Å². The fraction of sp³-hybridized carbons (Fsp3) is 0.250. The molecule has 1 nitrogen and oxygen atoms in total. The van der Waals surface area contributed by atoms with Crippen LogP contribution in [0, 0.1) is 13.8 Å². The summed E-state index contributed by atoms with van der Waals surface area (Å²) in [6, 6.07) is 17.9. The van der Waals surface area contributed by atoms with Crippen LogP contribution in [0.5, 0.6) is 0 Å². The second kappa shape index (κ2) is 5.33. The molecule has 0 aliphatic heterocycles. The van der Waals surface area contributed by atoms with Crippen molar-refractivity contribution in [3.05, 3.63) is 65.2 Å². The molecule has 2 aromatic carbocycles. The Balaban J connectivity index is 2.25. The first-order valence-corrected chi connectivity index (χ1v) is 7.59. The van der Waals surface area contributed by atoms with E-state index in [4.69, 9.17) is 0 Å².